The molecule has 3 heteroatoms. The summed E-state index contributed by atoms with van der Waals surface area (Å²) in [6, 6.07) is 14.8. The highest BCUT2D eigenvalue weighted by Gasteiger charge is 2.33. The zero-order valence-corrected chi connectivity index (χ0v) is 13.7. The summed E-state index contributed by atoms with van der Waals surface area (Å²) in [5, 5.41) is 1.07. The standard InChI is InChI=1S/C21H19NO2/c1-13-10-15-20-16(8-5-9-18(20)23)22-17(14-6-3-2-4-7-14)12-24-19(11-13)21(15)22/h2-4,6-7,10-11,17H,5,8-9,12H2,1H3. The van der Waals surface area contributed by atoms with E-state index >= 15 is 0 Å². The van der Waals surface area contributed by atoms with Gasteiger partial charge >= 0.3 is 0 Å². The normalized spacial score (nSPS) is 19.2. The molecule has 3 aromatic rings. The molecule has 1 aliphatic carbocycles. The molecule has 2 aliphatic rings. The topological polar surface area (TPSA) is 31.2 Å². The lowest BCUT2D eigenvalue weighted by atomic mass is 9.93. The average molecular weight is 317 g/mol. The van der Waals surface area contributed by atoms with Gasteiger partial charge in [-0.25, -0.2) is 0 Å². The van der Waals surface area contributed by atoms with Gasteiger partial charge in [0.05, 0.1) is 11.6 Å². The molecule has 1 unspecified atom stereocenters. The van der Waals surface area contributed by atoms with Gasteiger partial charge in [0.25, 0.3) is 0 Å². The van der Waals surface area contributed by atoms with Crippen molar-refractivity contribution in [3.05, 3.63) is 64.8 Å². The van der Waals surface area contributed by atoms with Crippen molar-refractivity contribution >= 4 is 16.7 Å². The number of fused-ring (bicyclic) bond motifs is 3. The summed E-state index contributed by atoms with van der Waals surface area (Å²) < 4.78 is 8.51. The largest absolute Gasteiger partial charge is 0.489 e. The van der Waals surface area contributed by atoms with Gasteiger partial charge in [-0.1, -0.05) is 30.3 Å². The summed E-state index contributed by atoms with van der Waals surface area (Å²) in [4.78, 5) is 12.7. The Labute approximate surface area is 140 Å². The molecule has 1 atom stereocenters. The number of benzene rings is 2. The molecule has 3 nitrogen and oxygen atoms in total. The van der Waals surface area contributed by atoms with E-state index in [0.29, 0.717) is 13.0 Å². The summed E-state index contributed by atoms with van der Waals surface area (Å²) in [5.74, 6) is 1.20. The van der Waals surface area contributed by atoms with E-state index in [0.717, 1.165) is 40.6 Å². The maximum Gasteiger partial charge on any atom is 0.165 e. The molecule has 0 saturated carbocycles. The fourth-order valence-electron chi connectivity index (χ4n) is 4.31. The fourth-order valence-corrected chi connectivity index (χ4v) is 4.31. The highest BCUT2D eigenvalue weighted by molar-refractivity contribution is 6.11. The van der Waals surface area contributed by atoms with Crippen molar-refractivity contribution in [3.8, 4) is 5.75 Å². The van der Waals surface area contributed by atoms with Crippen LogP contribution in [-0.2, 0) is 6.42 Å². The van der Waals surface area contributed by atoms with Crippen LogP contribution in [0, 0.1) is 6.92 Å². The average Bonchev–Trinajstić information content (AvgIpc) is 2.93. The molecule has 0 saturated heterocycles. The molecule has 5 rings (SSSR count). The van der Waals surface area contributed by atoms with Crippen LogP contribution >= 0.6 is 0 Å². The van der Waals surface area contributed by atoms with E-state index in [1.54, 1.807) is 0 Å². The summed E-state index contributed by atoms with van der Waals surface area (Å²) in [6.07, 6.45) is 2.57. The fraction of sp³-hybridized carbons (Fsp3) is 0.286. The number of ether oxygens (including phenoxy) is 1. The Morgan fingerprint density at radius 1 is 1.12 bits per heavy atom. The van der Waals surface area contributed by atoms with Gasteiger partial charge in [0, 0.05) is 23.1 Å². The smallest absolute Gasteiger partial charge is 0.165 e. The zero-order chi connectivity index (χ0) is 16.3. The molecule has 0 spiro atoms. The molecule has 0 fully saturated rings. The monoisotopic (exact) mass is 317 g/mol. The number of aromatic nitrogens is 1. The van der Waals surface area contributed by atoms with Crippen LogP contribution in [0.4, 0.5) is 0 Å². The number of hydrogen-bond acceptors (Lipinski definition) is 2. The Bertz CT molecular complexity index is 969. The first-order valence-corrected chi connectivity index (χ1v) is 8.62. The molecule has 1 aromatic heterocycles. The molecule has 0 N–H and O–H groups in total. The zero-order valence-electron chi connectivity index (χ0n) is 13.7. The second-order valence-electron chi connectivity index (χ2n) is 6.87. The molecular weight excluding hydrogens is 298 g/mol. The van der Waals surface area contributed by atoms with E-state index in [1.807, 2.05) is 6.07 Å². The predicted molar refractivity (Wildman–Crippen MR) is 94.0 cm³/mol. The van der Waals surface area contributed by atoms with Gasteiger partial charge in [-0.3, -0.25) is 4.79 Å². The number of carbonyl (C=O) groups excluding carboxylic acids is 1. The molecule has 120 valence electrons. The Morgan fingerprint density at radius 2 is 1.96 bits per heavy atom. The molecule has 2 heterocycles. The summed E-state index contributed by atoms with van der Waals surface area (Å²) in [7, 11) is 0. The lowest BCUT2D eigenvalue weighted by Gasteiger charge is -2.29. The van der Waals surface area contributed by atoms with Gasteiger partial charge < -0.3 is 9.30 Å². The van der Waals surface area contributed by atoms with Gasteiger partial charge in [-0.15, -0.1) is 0 Å². The maximum atomic E-state index is 12.7. The van der Waals surface area contributed by atoms with E-state index in [4.69, 9.17) is 4.74 Å². The number of rotatable bonds is 1. The van der Waals surface area contributed by atoms with Crippen LogP contribution < -0.4 is 4.74 Å². The van der Waals surface area contributed by atoms with Crippen LogP contribution in [-0.4, -0.2) is 17.0 Å². The van der Waals surface area contributed by atoms with Crippen LogP contribution in [0.3, 0.4) is 0 Å². The third-order valence-corrected chi connectivity index (χ3v) is 5.30. The first-order valence-electron chi connectivity index (χ1n) is 8.62. The SMILES string of the molecule is Cc1cc2c3c(c1)c1c(n3C(c3ccccc3)CO2)CCCC1=O. The van der Waals surface area contributed by atoms with Crippen LogP contribution in [0.1, 0.15) is 46.1 Å². The van der Waals surface area contributed by atoms with Gasteiger partial charge in [0.1, 0.15) is 12.4 Å². The van der Waals surface area contributed by atoms with Gasteiger partial charge in [-0.05, 0) is 43.0 Å². The maximum absolute atomic E-state index is 12.7. The number of carbonyl (C=O) groups is 1. The molecule has 1 aliphatic heterocycles. The van der Waals surface area contributed by atoms with Crippen LogP contribution in [0.15, 0.2) is 42.5 Å². The first-order chi connectivity index (χ1) is 11.7. The van der Waals surface area contributed by atoms with Crippen molar-refractivity contribution in [3.63, 3.8) is 0 Å². The Balaban J connectivity index is 1.87. The minimum atomic E-state index is 0.138. The Morgan fingerprint density at radius 3 is 2.79 bits per heavy atom. The van der Waals surface area contributed by atoms with Crippen molar-refractivity contribution < 1.29 is 9.53 Å². The second-order valence-corrected chi connectivity index (χ2v) is 6.87. The van der Waals surface area contributed by atoms with Crippen LogP contribution in [0.5, 0.6) is 5.75 Å². The molecule has 24 heavy (non-hydrogen) atoms. The highest BCUT2D eigenvalue weighted by atomic mass is 16.5. The van der Waals surface area contributed by atoms with E-state index < -0.39 is 0 Å². The van der Waals surface area contributed by atoms with Gasteiger partial charge in [-0.2, -0.15) is 0 Å². The second kappa shape index (κ2) is 4.97. The van der Waals surface area contributed by atoms with E-state index in [2.05, 4.69) is 47.9 Å². The van der Waals surface area contributed by atoms with Gasteiger partial charge in [0.15, 0.2) is 5.78 Å². The first kappa shape index (κ1) is 13.8. The molecule has 0 amide bonds. The lowest BCUT2D eigenvalue weighted by Crippen LogP contribution is -2.25. The third kappa shape index (κ3) is 1.81. The summed E-state index contributed by atoms with van der Waals surface area (Å²) in [5.41, 5.74) is 5.62. The van der Waals surface area contributed by atoms with E-state index in [1.165, 1.54) is 11.3 Å². The van der Waals surface area contributed by atoms with Crippen molar-refractivity contribution in [1.29, 1.82) is 0 Å². The molecular formula is C21H19NO2. The number of nitrogens with zero attached hydrogens (tertiary/aromatic N) is 1. The molecule has 0 radical (unpaired) electrons. The van der Waals surface area contributed by atoms with Gasteiger partial charge in [0.2, 0.25) is 0 Å². The summed E-state index contributed by atoms with van der Waals surface area (Å²) in [6.45, 7) is 2.69. The van der Waals surface area contributed by atoms with E-state index in [9.17, 15) is 4.79 Å². The Hall–Kier alpha value is -2.55. The van der Waals surface area contributed by atoms with Crippen molar-refractivity contribution in [2.45, 2.75) is 32.2 Å². The molecule has 2 aromatic carbocycles. The lowest BCUT2D eigenvalue weighted by molar-refractivity contribution is 0.0972. The summed E-state index contributed by atoms with van der Waals surface area (Å²) >= 11 is 0. The van der Waals surface area contributed by atoms with Crippen LogP contribution in [0.25, 0.3) is 10.9 Å². The van der Waals surface area contributed by atoms with Crippen molar-refractivity contribution in [2.24, 2.45) is 0 Å². The number of hydrogen-bond donors (Lipinski definition) is 0. The number of aryl methyl sites for hydroxylation is 1. The predicted octanol–water partition coefficient (Wildman–Crippen LogP) is 4.45. The van der Waals surface area contributed by atoms with Crippen LogP contribution in [0.2, 0.25) is 0 Å². The minimum absolute atomic E-state index is 0.138. The number of Topliss-reactive ketones (excluding diaryl/α,β-unsaturated/α-hetero) is 1. The third-order valence-electron chi connectivity index (χ3n) is 5.30. The molecule has 0 bridgehead atoms. The quantitative estimate of drug-likeness (QED) is 0.664. The Kier molecular flexibility index (Phi) is 2.87. The number of ketones is 1. The van der Waals surface area contributed by atoms with E-state index in [-0.39, 0.29) is 11.8 Å². The van der Waals surface area contributed by atoms with Crippen molar-refractivity contribution in [2.75, 3.05) is 6.61 Å². The minimum Gasteiger partial charge on any atom is -0.489 e. The van der Waals surface area contributed by atoms with Crippen molar-refractivity contribution in [1.82, 2.24) is 4.57 Å². The highest BCUT2D eigenvalue weighted by Crippen LogP contribution is 2.43.